The SMILES string of the molecule is CN(C(=O)CC1CCCN1)C1C2CC3CC(C2)CC1C3.Cl. The molecule has 120 valence electrons. The second-order valence-electron chi connectivity index (χ2n) is 7.92. The molecule has 0 spiro atoms. The fraction of sp³-hybridized carbons (Fsp3) is 0.941. The summed E-state index contributed by atoms with van der Waals surface area (Å²) >= 11 is 0. The highest BCUT2D eigenvalue weighted by Gasteiger charge is 2.50. The lowest BCUT2D eigenvalue weighted by atomic mass is 9.54. The van der Waals surface area contributed by atoms with Gasteiger partial charge in [-0.3, -0.25) is 4.79 Å². The Balaban J connectivity index is 0.00000132. The Hall–Kier alpha value is -0.280. The van der Waals surface area contributed by atoms with Gasteiger partial charge in [0.2, 0.25) is 5.91 Å². The summed E-state index contributed by atoms with van der Waals surface area (Å²) in [5.41, 5.74) is 0. The lowest BCUT2D eigenvalue weighted by Gasteiger charge is -2.56. The normalized spacial score (nSPS) is 43.7. The second-order valence-corrected chi connectivity index (χ2v) is 7.92. The molecule has 0 aromatic rings. The van der Waals surface area contributed by atoms with Gasteiger partial charge < -0.3 is 10.2 Å². The van der Waals surface area contributed by atoms with Gasteiger partial charge in [0.25, 0.3) is 0 Å². The summed E-state index contributed by atoms with van der Waals surface area (Å²) in [4.78, 5) is 14.8. The van der Waals surface area contributed by atoms with Gasteiger partial charge in [-0.05, 0) is 75.2 Å². The largest absolute Gasteiger partial charge is 0.342 e. The van der Waals surface area contributed by atoms with Crippen molar-refractivity contribution in [3.05, 3.63) is 0 Å². The zero-order valence-electron chi connectivity index (χ0n) is 13.1. The zero-order valence-corrected chi connectivity index (χ0v) is 13.9. The number of rotatable bonds is 3. The molecule has 1 saturated heterocycles. The van der Waals surface area contributed by atoms with Gasteiger partial charge in [-0.1, -0.05) is 0 Å². The van der Waals surface area contributed by atoms with E-state index in [4.69, 9.17) is 0 Å². The molecule has 1 unspecified atom stereocenters. The second kappa shape index (κ2) is 6.08. The molecule has 1 atom stereocenters. The zero-order chi connectivity index (χ0) is 13.7. The van der Waals surface area contributed by atoms with E-state index in [1.54, 1.807) is 0 Å². The van der Waals surface area contributed by atoms with E-state index in [0.29, 0.717) is 18.0 Å². The summed E-state index contributed by atoms with van der Waals surface area (Å²) in [6.07, 6.45) is 10.2. The van der Waals surface area contributed by atoms with Crippen LogP contribution in [0.2, 0.25) is 0 Å². The van der Waals surface area contributed by atoms with Gasteiger partial charge in [-0.15, -0.1) is 12.4 Å². The highest BCUT2D eigenvalue weighted by Crippen LogP contribution is 2.55. The van der Waals surface area contributed by atoms with Crippen LogP contribution in [0.5, 0.6) is 0 Å². The standard InChI is InChI=1S/C17H28N2O.ClH/c1-19(16(20)10-15-3-2-4-18-15)17-13-6-11-5-12(8-13)9-14(17)7-11;/h11-15,17-18H,2-10H2,1H3;1H. The third kappa shape index (κ3) is 2.84. The predicted molar refractivity (Wildman–Crippen MR) is 86.5 cm³/mol. The van der Waals surface area contributed by atoms with Crippen LogP contribution in [-0.2, 0) is 4.79 Å². The van der Waals surface area contributed by atoms with Crippen LogP contribution in [0.4, 0.5) is 0 Å². The first-order valence-corrected chi connectivity index (χ1v) is 8.69. The Morgan fingerprint density at radius 3 is 2.24 bits per heavy atom. The Morgan fingerprint density at radius 1 is 1.10 bits per heavy atom. The maximum absolute atomic E-state index is 12.6. The van der Waals surface area contributed by atoms with Crippen LogP contribution in [0.3, 0.4) is 0 Å². The molecule has 0 radical (unpaired) electrons. The van der Waals surface area contributed by atoms with Crippen molar-refractivity contribution in [3.8, 4) is 0 Å². The van der Waals surface area contributed by atoms with Crippen molar-refractivity contribution in [2.24, 2.45) is 23.7 Å². The van der Waals surface area contributed by atoms with Crippen molar-refractivity contribution < 1.29 is 4.79 Å². The summed E-state index contributed by atoms with van der Waals surface area (Å²) < 4.78 is 0. The maximum Gasteiger partial charge on any atom is 0.224 e. The molecule has 1 heterocycles. The molecule has 5 fully saturated rings. The van der Waals surface area contributed by atoms with Gasteiger partial charge in [-0.2, -0.15) is 0 Å². The van der Waals surface area contributed by atoms with Crippen molar-refractivity contribution in [2.75, 3.05) is 13.6 Å². The van der Waals surface area contributed by atoms with Gasteiger partial charge in [0.15, 0.2) is 0 Å². The predicted octanol–water partition coefficient (Wildman–Crippen LogP) is 2.83. The number of nitrogens with zero attached hydrogens (tertiary/aromatic N) is 1. The number of hydrogen-bond acceptors (Lipinski definition) is 2. The smallest absolute Gasteiger partial charge is 0.224 e. The topological polar surface area (TPSA) is 32.3 Å². The molecule has 1 aliphatic heterocycles. The van der Waals surface area contributed by atoms with Crippen molar-refractivity contribution in [1.82, 2.24) is 10.2 Å². The van der Waals surface area contributed by atoms with Crippen LogP contribution in [-0.4, -0.2) is 36.5 Å². The maximum atomic E-state index is 12.6. The van der Waals surface area contributed by atoms with E-state index in [9.17, 15) is 4.79 Å². The Labute approximate surface area is 134 Å². The summed E-state index contributed by atoms with van der Waals surface area (Å²) in [6, 6.07) is 1.01. The lowest BCUT2D eigenvalue weighted by molar-refractivity contribution is -0.141. The third-order valence-electron chi connectivity index (χ3n) is 6.60. The molecule has 1 N–H and O–H groups in total. The molecule has 4 aliphatic carbocycles. The number of carbonyl (C=O) groups excluding carboxylic acids is 1. The lowest BCUT2D eigenvalue weighted by Crippen LogP contribution is -2.56. The van der Waals surface area contributed by atoms with Crippen molar-refractivity contribution in [1.29, 1.82) is 0 Å². The molecule has 21 heavy (non-hydrogen) atoms. The minimum atomic E-state index is 0. The molecular formula is C17H29ClN2O. The first-order chi connectivity index (χ1) is 9.70. The summed E-state index contributed by atoms with van der Waals surface area (Å²) in [5.74, 6) is 4.01. The van der Waals surface area contributed by atoms with E-state index in [-0.39, 0.29) is 12.4 Å². The van der Waals surface area contributed by atoms with Crippen LogP contribution in [0.1, 0.15) is 51.4 Å². The number of nitrogens with one attached hydrogen (secondary N) is 1. The minimum absolute atomic E-state index is 0. The van der Waals surface area contributed by atoms with Gasteiger partial charge in [0.1, 0.15) is 0 Å². The summed E-state index contributed by atoms with van der Waals surface area (Å²) in [6.45, 7) is 1.10. The average molecular weight is 313 g/mol. The van der Waals surface area contributed by atoms with E-state index in [2.05, 4.69) is 17.3 Å². The summed E-state index contributed by atoms with van der Waals surface area (Å²) in [5, 5.41) is 3.46. The number of halogens is 1. The van der Waals surface area contributed by atoms with E-state index >= 15 is 0 Å². The first-order valence-electron chi connectivity index (χ1n) is 8.69. The van der Waals surface area contributed by atoms with Gasteiger partial charge >= 0.3 is 0 Å². The van der Waals surface area contributed by atoms with Crippen LogP contribution in [0, 0.1) is 23.7 Å². The molecule has 1 amide bonds. The van der Waals surface area contributed by atoms with Crippen molar-refractivity contribution in [3.63, 3.8) is 0 Å². The van der Waals surface area contributed by atoms with Crippen LogP contribution in [0.25, 0.3) is 0 Å². The summed E-state index contributed by atoms with van der Waals surface area (Å²) in [7, 11) is 2.09. The van der Waals surface area contributed by atoms with E-state index in [1.807, 2.05) is 0 Å². The van der Waals surface area contributed by atoms with E-state index < -0.39 is 0 Å². The highest BCUT2D eigenvalue weighted by atomic mass is 35.5. The number of amides is 1. The highest BCUT2D eigenvalue weighted by molar-refractivity contribution is 5.85. The fourth-order valence-electron chi connectivity index (χ4n) is 5.98. The van der Waals surface area contributed by atoms with Crippen LogP contribution in [0.15, 0.2) is 0 Å². The Bertz CT molecular complexity index is 366. The molecule has 0 aromatic carbocycles. The van der Waals surface area contributed by atoms with E-state index in [1.165, 1.54) is 44.9 Å². The Kier molecular flexibility index (Phi) is 4.52. The molecule has 4 bridgehead atoms. The fourth-order valence-corrected chi connectivity index (χ4v) is 5.98. The van der Waals surface area contributed by atoms with Crippen molar-refractivity contribution >= 4 is 18.3 Å². The monoisotopic (exact) mass is 312 g/mol. The molecule has 5 aliphatic rings. The first kappa shape index (κ1) is 15.6. The third-order valence-corrected chi connectivity index (χ3v) is 6.60. The van der Waals surface area contributed by atoms with Gasteiger partial charge in [0.05, 0.1) is 0 Å². The van der Waals surface area contributed by atoms with Crippen LogP contribution >= 0.6 is 12.4 Å². The number of hydrogen-bond donors (Lipinski definition) is 1. The van der Waals surface area contributed by atoms with Crippen LogP contribution < -0.4 is 5.32 Å². The molecule has 0 aromatic heterocycles. The van der Waals surface area contributed by atoms with Gasteiger partial charge in [0, 0.05) is 25.6 Å². The molecule has 4 saturated carbocycles. The number of carbonyl (C=O) groups is 1. The average Bonchev–Trinajstić information content (AvgIpc) is 2.90. The molecular weight excluding hydrogens is 284 g/mol. The minimum Gasteiger partial charge on any atom is -0.342 e. The quantitative estimate of drug-likeness (QED) is 0.869. The molecule has 3 nitrogen and oxygen atoms in total. The molecule has 4 heteroatoms. The Morgan fingerprint density at radius 2 is 1.71 bits per heavy atom. The molecule has 5 rings (SSSR count). The van der Waals surface area contributed by atoms with Gasteiger partial charge in [-0.25, -0.2) is 0 Å². The van der Waals surface area contributed by atoms with E-state index in [0.717, 1.165) is 36.6 Å². The van der Waals surface area contributed by atoms with Crippen molar-refractivity contribution in [2.45, 2.75) is 63.5 Å².